The van der Waals surface area contributed by atoms with Gasteiger partial charge in [0, 0.05) is 48.5 Å². The zero-order valence-corrected chi connectivity index (χ0v) is 21.5. The van der Waals surface area contributed by atoms with Crippen molar-refractivity contribution in [2.24, 2.45) is 0 Å². The van der Waals surface area contributed by atoms with Crippen LogP contribution in [0.2, 0.25) is 0 Å². The fraction of sp³-hybridized carbons (Fsp3) is 0.214. The van der Waals surface area contributed by atoms with Gasteiger partial charge in [0.05, 0.1) is 11.1 Å². The Morgan fingerprint density at radius 2 is 1.72 bits per heavy atom. The SMILES string of the molecule is CCOc1ccc(C(=O)Nc2ccc(N3CCN(C(=O)c4cc5ccccc5o4)CC3)cc2)cc1Br. The normalized spacial score (nSPS) is 13.6. The highest BCUT2D eigenvalue weighted by atomic mass is 79.9. The number of benzene rings is 3. The highest BCUT2D eigenvalue weighted by molar-refractivity contribution is 9.10. The molecule has 1 saturated heterocycles. The van der Waals surface area contributed by atoms with Gasteiger partial charge < -0.3 is 24.3 Å². The standard InChI is InChI=1S/C28H26BrN3O4/c1-2-35-25-12-7-20(17-23(25)29)27(33)30-21-8-10-22(11-9-21)31-13-15-32(16-14-31)28(34)26-18-19-5-3-4-6-24(19)36-26/h3-12,17-18H,2,13-16H2,1H3,(H,30,33). The van der Waals surface area contributed by atoms with Crippen molar-refractivity contribution in [3.63, 3.8) is 0 Å². The van der Waals surface area contributed by atoms with Gasteiger partial charge in [-0.2, -0.15) is 0 Å². The number of hydrogen-bond acceptors (Lipinski definition) is 5. The van der Waals surface area contributed by atoms with E-state index >= 15 is 0 Å². The van der Waals surface area contributed by atoms with Crippen LogP contribution in [0, 0.1) is 0 Å². The lowest BCUT2D eigenvalue weighted by Crippen LogP contribution is -2.48. The number of rotatable bonds is 6. The van der Waals surface area contributed by atoms with Crippen LogP contribution in [0.1, 0.15) is 27.8 Å². The number of nitrogens with zero attached hydrogens (tertiary/aromatic N) is 2. The summed E-state index contributed by atoms with van der Waals surface area (Å²) in [5.41, 5.74) is 3.03. The van der Waals surface area contributed by atoms with Gasteiger partial charge in [-0.25, -0.2) is 0 Å². The lowest BCUT2D eigenvalue weighted by Gasteiger charge is -2.35. The molecule has 7 nitrogen and oxygen atoms in total. The molecule has 1 N–H and O–H groups in total. The number of carbonyl (C=O) groups excluding carboxylic acids is 2. The molecule has 1 fully saturated rings. The Balaban J connectivity index is 1.17. The van der Waals surface area contributed by atoms with Crippen molar-refractivity contribution in [1.82, 2.24) is 4.90 Å². The lowest BCUT2D eigenvalue weighted by atomic mass is 10.2. The van der Waals surface area contributed by atoms with E-state index in [1.165, 1.54) is 0 Å². The summed E-state index contributed by atoms with van der Waals surface area (Å²) >= 11 is 3.45. The third kappa shape index (κ3) is 5.09. The van der Waals surface area contributed by atoms with Crippen LogP contribution in [0.4, 0.5) is 11.4 Å². The molecule has 4 aromatic rings. The Morgan fingerprint density at radius 1 is 0.972 bits per heavy atom. The first kappa shape index (κ1) is 23.9. The van der Waals surface area contributed by atoms with Gasteiger partial charge in [-0.15, -0.1) is 0 Å². The Bertz CT molecular complexity index is 1360. The number of carbonyl (C=O) groups is 2. The first-order chi connectivity index (χ1) is 17.5. The minimum atomic E-state index is -0.191. The third-order valence-corrected chi connectivity index (χ3v) is 6.81. The maximum atomic E-state index is 12.9. The number of halogens is 1. The molecular weight excluding hydrogens is 522 g/mol. The molecule has 36 heavy (non-hydrogen) atoms. The highest BCUT2D eigenvalue weighted by Gasteiger charge is 2.24. The van der Waals surface area contributed by atoms with Crippen molar-refractivity contribution >= 4 is 50.1 Å². The van der Waals surface area contributed by atoms with E-state index in [9.17, 15) is 9.59 Å². The van der Waals surface area contributed by atoms with E-state index in [0.29, 0.717) is 42.5 Å². The summed E-state index contributed by atoms with van der Waals surface area (Å²) in [6, 6.07) is 22.5. The van der Waals surface area contributed by atoms with Crippen LogP contribution in [-0.4, -0.2) is 49.5 Å². The molecule has 0 bridgehead atoms. The van der Waals surface area contributed by atoms with E-state index in [-0.39, 0.29) is 11.8 Å². The molecule has 0 unspecified atom stereocenters. The maximum absolute atomic E-state index is 12.9. The second-order valence-corrected chi connectivity index (χ2v) is 9.36. The number of piperazine rings is 1. The number of amides is 2. The van der Waals surface area contributed by atoms with Gasteiger partial charge in [-0.1, -0.05) is 18.2 Å². The number of fused-ring (bicyclic) bond motifs is 1. The fourth-order valence-corrected chi connectivity index (χ4v) is 4.78. The number of nitrogens with one attached hydrogen (secondary N) is 1. The summed E-state index contributed by atoms with van der Waals surface area (Å²) in [4.78, 5) is 29.6. The summed E-state index contributed by atoms with van der Waals surface area (Å²) in [7, 11) is 0. The monoisotopic (exact) mass is 547 g/mol. The van der Waals surface area contributed by atoms with E-state index in [1.807, 2.05) is 66.4 Å². The van der Waals surface area contributed by atoms with Crippen LogP contribution in [0.5, 0.6) is 5.75 Å². The Hall–Kier alpha value is -3.78. The molecule has 1 aromatic heterocycles. The molecule has 2 amide bonds. The summed E-state index contributed by atoms with van der Waals surface area (Å²) < 4.78 is 12.0. The molecule has 3 aromatic carbocycles. The fourth-order valence-electron chi connectivity index (χ4n) is 4.28. The van der Waals surface area contributed by atoms with Crippen molar-refractivity contribution in [3.8, 4) is 5.75 Å². The molecule has 0 atom stereocenters. The summed E-state index contributed by atoms with van der Waals surface area (Å²) in [6.45, 7) is 5.14. The van der Waals surface area contributed by atoms with Gasteiger partial charge in [-0.05, 0) is 77.5 Å². The van der Waals surface area contributed by atoms with Crippen molar-refractivity contribution in [2.75, 3.05) is 43.0 Å². The molecule has 8 heteroatoms. The molecule has 0 spiro atoms. The van der Waals surface area contributed by atoms with Crippen LogP contribution in [0.15, 0.2) is 81.7 Å². The topological polar surface area (TPSA) is 75.0 Å². The zero-order valence-electron chi connectivity index (χ0n) is 19.9. The Kier molecular flexibility index (Phi) is 6.95. The molecule has 0 radical (unpaired) electrons. The van der Waals surface area contributed by atoms with E-state index in [0.717, 1.165) is 34.2 Å². The van der Waals surface area contributed by atoms with Crippen LogP contribution in [-0.2, 0) is 0 Å². The van der Waals surface area contributed by atoms with E-state index in [2.05, 4.69) is 26.1 Å². The number of para-hydroxylation sites is 1. The van der Waals surface area contributed by atoms with Gasteiger partial charge in [0.15, 0.2) is 5.76 Å². The number of furan rings is 1. The van der Waals surface area contributed by atoms with Gasteiger partial charge in [0.1, 0.15) is 11.3 Å². The number of anilines is 2. The minimum Gasteiger partial charge on any atom is -0.493 e. The van der Waals surface area contributed by atoms with Crippen LogP contribution >= 0.6 is 15.9 Å². The largest absolute Gasteiger partial charge is 0.493 e. The number of ether oxygens (including phenoxy) is 1. The zero-order chi connectivity index (χ0) is 25.1. The second-order valence-electron chi connectivity index (χ2n) is 8.51. The first-order valence-electron chi connectivity index (χ1n) is 11.9. The van der Waals surface area contributed by atoms with Crippen LogP contribution < -0.4 is 15.0 Å². The second kappa shape index (κ2) is 10.5. The third-order valence-electron chi connectivity index (χ3n) is 6.19. The average molecular weight is 548 g/mol. The van der Waals surface area contributed by atoms with Gasteiger partial charge in [0.25, 0.3) is 11.8 Å². The molecule has 1 aliphatic heterocycles. The molecule has 5 rings (SSSR count). The van der Waals surface area contributed by atoms with Crippen molar-refractivity contribution in [3.05, 3.63) is 88.6 Å². The van der Waals surface area contributed by atoms with Gasteiger partial charge in [-0.3, -0.25) is 9.59 Å². The molecule has 2 heterocycles. The summed E-state index contributed by atoms with van der Waals surface area (Å²) in [5.74, 6) is 0.816. The lowest BCUT2D eigenvalue weighted by molar-refractivity contribution is 0.0717. The van der Waals surface area contributed by atoms with Crippen LogP contribution in [0.25, 0.3) is 11.0 Å². The molecule has 0 saturated carbocycles. The highest BCUT2D eigenvalue weighted by Crippen LogP contribution is 2.27. The van der Waals surface area contributed by atoms with Crippen molar-refractivity contribution in [2.45, 2.75) is 6.92 Å². The molecule has 184 valence electrons. The van der Waals surface area contributed by atoms with E-state index in [4.69, 9.17) is 9.15 Å². The first-order valence-corrected chi connectivity index (χ1v) is 12.7. The predicted octanol–water partition coefficient (Wildman–Crippen LogP) is 5.81. The average Bonchev–Trinajstić information content (AvgIpc) is 3.34. The van der Waals surface area contributed by atoms with E-state index < -0.39 is 0 Å². The molecule has 0 aliphatic carbocycles. The predicted molar refractivity (Wildman–Crippen MR) is 144 cm³/mol. The van der Waals surface area contributed by atoms with Gasteiger partial charge in [0.2, 0.25) is 0 Å². The quantitative estimate of drug-likeness (QED) is 0.329. The summed E-state index contributed by atoms with van der Waals surface area (Å²) in [5, 5.41) is 3.87. The summed E-state index contributed by atoms with van der Waals surface area (Å²) in [6.07, 6.45) is 0. The Morgan fingerprint density at radius 3 is 2.42 bits per heavy atom. The maximum Gasteiger partial charge on any atom is 0.289 e. The minimum absolute atomic E-state index is 0.0789. The van der Waals surface area contributed by atoms with Gasteiger partial charge >= 0.3 is 0 Å². The Labute approximate surface area is 217 Å². The van der Waals surface area contributed by atoms with Crippen molar-refractivity contribution < 1.29 is 18.7 Å². The molecule has 1 aliphatic rings. The van der Waals surface area contributed by atoms with E-state index in [1.54, 1.807) is 18.2 Å². The number of hydrogen-bond donors (Lipinski definition) is 1. The van der Waals surface area contributed by atoms with Crippen LogP contribution in [0.3, 0.4) is 0 Å². The smallest absolute Gasteiger partial charge is 0.289 e. The molecular formula is C28H26BrN3O4. The van der Waals surface area contributed by atoms with Crippen molar-refractivity contribution in [1.29, 1.82) is 0 Å².